The van der Waals surface area contributed by atoms with Gasteiger partial charge < -0.3 is 21.5 Å². The third-order valence-electron chi connectivity index (χ3n) is 1.98. The number of carbonyl (C=O) groups excluding carboxylic acids is 2. The third-order valence-corrected chi connectivity index (χ3v) is 1.98. The SMILES string of the molecule is CC(NC(N)=O)C(=O)N[C@H](C(=O)O)C(C)C. The first-order valence-electron chi connectivity index (χ1n) is 4.84. The zero-order valence-corrected chi connectivity index (χ0v) is 9.48. The minimum atomic E-state index is -1.12. The average molecular weight is 231 g/mol. The summed E-state index contributed by atoms with van der Waals surface area (Å²) in [5.41, 5.74) is 4.84. The minimum absolute atomic E-state index is 0.248. The standard InChI is InChI=1S/C9H17N3O4/c1-4(2)6(8(14)15)12-7(13)5(3)11-9(10)16/h4-6H,1-3H3,(H,12,13)(H,14,15)(H3,10,11,16)/t5?,6-/m0/s1. The summed E-state index contributed by atoms with van der Waals surface area (Å²) in [6.07, 6.45) is 0. The topological polar surface area (TPSA) is 122 Å². The number of urea groups is 1. The van der Waals surface area contributed by atoms with Gasteiger partial charge in [-0.25, -0.2) is 9.59 Å². The molecule has 2 atom stereocenters. The van der Waals surface area contributed by atoms with Gasteiger partial charge in [-0.1, -0.05) is 13.8 Å². The van der Waals surface area contributed by atoms with E-state index in [-0.39, 0.29) is 5.92 Å². The molecule has 5 N–H and O–H groups in total. The van der Waals surface area contributed by atoms with Crippen molar-refractivity contribution in [3.05, 3.63) is 0 Å². The van der Waals surface area contributed by atoms with E-state index in [2.05, 4.69) is 10.6 Å². The van der Waals surface area contributed by atoms with E-state index >= 15 is 0 Å². The molecule has 3 amide bonds. The molecule has 0 aromatic heterocycles. The van der Waals surface area contributed by atoms with Crippen molar-refractivity contribution < 1.29 is 19.5 Å². The van der Waals surface area contributed by atoms with Crippen LogP contribution in [0.15, 0.2) is 0 Å². The number of carbonyl (C=O) groups is 3. The number of hydrogen-bond acceptors (Lipinski definition) is 3. The third kappa shape index (κ3) is 4.63. The summed E-state index contributed by atoms with van der Waals surface area (Å²) >= 11 is 0. The summed E-state index contributed by atoms with van der Waals surface area (Å²) < 4.78 is 0. The zero-order valence-electron chi connectivity index (χ0n) is 9.48. The van der Waals surface area contributed by atoms with Gasteiger partial charge in [0.2, 0.25) is 5.91 Å². The Kier molecular flexibility index (Phi) is 5.27. The Morgan fingerprint density at radius 3 is 1.94 bits per heavy atom. The molecule has 0 saturated heterocycles. The van der Waals surface area contributed by atoms with E-state index in [0.29, 0.717) is 0 Å². The molecule has 1 unspecified atom stereocenters. The number of carboxylic acid groups (broad SMARTS) is 1. The van der Waals surface area contributed by atoms with Gasteiger partial charge in [-0.3, -0.25) is 4.79 Å². The Morgan fingerprint density at radius 2 is 1.62 bits per heavy atom. The molecule has 0 aromatic carbocycles. The second-order valence-corrected chi connectivity index (χ2v) is 3.80. The minimum Gasteiger partial charge on any atom is -0.480 e. The van der Waals surface area contributed by atoms with E-state index in [1.54, 1.807) is 13.8 Å². The van der Waals surface area contributed by atoms with Gasteiger partial charge >= 0.3 is 12.0 Å². The van der Waals surface area contributed by atoms with Crippen molar-refractivity contribution in [3.63, 3.8) is 0 Å². The normalized spacial score (nSPS) is 14.0. The highest BCUT2D eigenvalue weighted by atomic mass is 16.4. The van der Waals surface area contributed by atoms with Gasteiger partial charge in [0.25, 0.3) is 0 Å². The average Bonchev–Trinajstić information content (AvgIpc) is 2.11. The quantitative estimate of drug-likeness (QED) is 0.498. The molecule has 0 rings (SSSR count). The van der Waals surface area contributed by atoms with Crippen molar-refractivity contribution >= 4 is 17.9 Å². The van der Waals surface area contributed by atoms with Crippen LogP contribution >= 0.6 is 0 Å². The maximum absolute atomic E-state index is 11.5. The molecule has 0 aromatic rings. The van der Waals surface area contributed by atoms with E-state index in [1.807, 2.05) is 0 Å². The van der Waals surface area contributed by atoms with Crippen LogP contribution in [0, 0.1) is 5.92 Å². The van der Waals surface area contributed by atoms with Crippen LogP contribution in [0.4, 0.5) is 4.79 Å². The number of primary amides is 1. The molecule has 0 aliphatic carbocycles. The molecular weight excluding hydrogens is 214 g/mol. The fourth-order valence-electron chi connectivity index (χ4n) is 1.07. The van der Waals surface area contributed by atoms with Gasteiger partial charge in [-0.15, -0.1) is 0 Å². The Labute approximate surface area is 93.4 Å². The highest BCUT2D eigenvalue weighted by molar-refractivity contribution is 5.89. The van der Waals surface area contributed by atoms with Crippen molar-refractivity contribution in [2.75, 3.05) is 0 Å². The lowest BCUT2D eigenvalue weighted by molar-refractivity contribution is -0.143. The molecule has 0 radical (unpaired) electrons. The molecular formula is C9H17N3O4. The molecule has 16 heavy (non-hydrogen) atoms. The lowest BCUT2D eigenvalue weighted by Gasteiger charge is -2.20. The second kappa shape index (κ2) is 5.94. The van der Waals surface area contributed by atoms with Gasteiger partial charge in [0.05, 0.1) is 0 Å². The monoisotopic (exact) mass is 231 g/mol. The van der Waals surface area contributed by atoms with Crippen LogP contribution in [0.25, 0.3) is 0 Å². The van der Waals surface area contributed by atoms with Crippen molar-refractivity contribution in [1.82, 2.24) is 10.6 Å². The number of nitrogens with two attached hydrogens (primary N) is 1. The molecule has 92 valence electrons. The zero-order chi connectivity index (χ0) is 12.9. The fourth-order valence-corrected chi connectivity index (χ4v) is 1.07. The first-order chi connectivity index (χ1) is 7.25. The summed E-state index contributed by atoms with van der Waals surface area (Å²) in [5, 5.41) is 13.3. The van der Waals surface area contributed by atoms with Gasteiger partial charge in [0, 0.05) is 0 Å². The number of nitrogens with one attached hydrogen (secondary N) is 2. The van der Waals surface area contributed by atoms with E-state index < -0.39 is 30.0 Å². The maximum atomic E-state index is 11.5. The number of rotatable bonds is 5. The molecule has 0 fully saturated rings. The molecule has 0 spiro atoms. The van der Waals surface area contributed by atoms with E-state index in [0.717, 1.165) is 0 Å². The molecule has 7 nitrogen and oxygen atoms in total. The Hall–Kier alpha value is -1.79. The van der Waals surface area contributed by atoms with Crippen molar-refractivity contribution in [1.29, 1.82) is 0 Å². The number of aliphatic carboxylic acids is 1. The van der Waals surface area contributed by atoms with Crippen LogP contribution in [0.1, 0.15) is 20.8 Å². The lowest BCUT2D eigenvalue weighted by atomic mass is 10.0. The Bertz CT molecular complexity index is 290. The fraction of sp³-hybridized carbons (Fsp3) is 0.667. The molecule has 7 heteroatoms. The summed E-state index contributed by atoms with van der Waals surface area (Å²) in [4.78, 5) is 32.7. The first kappa shape index (κ1) is 14.2. The van der Waals surface area contributed by atoms with Gasteiger partial charge in [0.15, 0.2) is 0 Å². The smallest absolute Gasteiger partial charge is 0.326 e. The van der Waals surface area contributed by atoms with E-state index in [1.165, 1.54) is 6.92 Å². The first-order valence-corrected chi connectivity index (χ1v) is 4.84. The van der Waals surface area contributed by atoms with E-state index in [4.69, 9.17) is 10.8 Å². The Balaban J connectivity index is 4.40. The largest absolute Gasteiger partial charge is 0.480 e. The van der Waals surface area contributed by atoms with Crippen molar-refractivity contribution in [3.8, 4) is 0 Å². The van der Waals surface area contributed by atoms with Crippen LogP contribution in [0.2, 0.25) is 0 Å². The van der Waals surface area contributed by atoms with E-state index in [9.17, 15) is 14.4 Å². The number of amides is 3. The van der Waals surface area contributed by atoms with Crippen LogP contribution in [-0.2, 0) is 9.59 Å². The Morgan fingerprint density at radius 1 is 1.12 bits per heavy atom. The van der Waals surface area contributed by atoms with Crippen molar-refractivity contribution in [2.45, 2.75) is 32.9 Å². The van der Waals surface area contributed by atoms with Crippen LogP contribution in [-0.4, -0.2) is 35.1 Å². The number of carboxylic acids is 1. The van der Waals surface area contributed by atoms with Gasteiger partial charge in [0.1, 0.15) is 12.1 Å². The van der Waals surface area contributed by atoms with Crippen molar-refractivity contribution in [2.24, 2.45) is 11.7 Å². The summed E-state index contributed by atoms with van der Waals surface area (Å²) in [7, 11) is 0. The summed E-state index contributed by atoms with van der Waals surface area (Å²) in [5.74, 6) is -1.95. The molecule has 0 aliphatic heterocycles. The van der Waals surface area contributed by atoms with Crippen LogP contribution in [0.5, 0.6) is 0 Å². The molecule has 0 saturated carbocycles. The van der Waals surface area contributed by atoms with Gasteiger partial charge in [-0.2, -0.15) is 0 Å². The summed E-state index contributed by atoms with van der Waals surface area (Å²) in [6, 6.07) is -2.68. The predicted octanol–water partition coefficient (Wildman–Crippen LogP) is -0.731. The lowest BCUT2D eigenvalue weighted by Crippen LogP contribution is -2.52. The highest BCUT2D eigenvalue weighted by Gasteiger charge is 2.25. The van der Waals surface area contributed by atoms with Gasteiger partial charge in [-0.05, 0) is 12.8 Å². The summed E-state index contributed by atoms with van der Waals surface area (Å²) in [6.45, 7) is 4.76. The molecule has 0 heterocycles. The maximum Gasteiger partial charge on any atom is 0.326 e. The highest BCUT2D eigenvalue weighted by Crippen LogP contribution is 2.02. The van der Waals surface area contributed by atoms with Crippen LogP contribution < -0.4 is 16.4 Å². The molecule has 0 bridgehead atoms. The predicted molar refractivity (Wildman–Crippen MR) is 56.6 cm³/mol. The second-order valence-electron chi connectivity index (χ2n) is 3.80. The van der Waals surface area contributed by atoms with Crippen LogP contribution in [0.3, 0.4) is 0 Å². The number of hydrogen-bond donors (Lipinski definition) is 4. The molecule has 0 aliphatic rings.